The van der Waals surface area contributed by atoms with Crippen molar-refractivity contribution >= 4 is 36.6 Å². The van der Waals surface area contributed by atoms with Crippen LogP contribution in [0.25, 0.3) is 6.08 Å². The summed E-state index contributed by atoms with van der Waals surface area (Å²) in [6.07, 6.45) is 6.97. The van der Waals surface area contributed by atoms with Crippen molar-refractivity contribution in [1.29, 1.82) is 0 Å². The van der Waals surface area contributed by atoms with Gasteiger partial charge in [-0.3, -0.25) is 4.98 Å². The molecule has 0 aliphatic carbocycles. The topological polar surface area (TPSA) is 28.2 Å². The van der Waals surface area contributed by atoms with Crippen molar-refractivity contribution in [1.82, 2.24) is 10.3 Å². The van der Waals surface area contributed by atoms with Crippen LogP contribution in [0.5, 0.6) is 0 Å². The Bertz CT molecular complexity index is 399. The third-order valence-corrected chi connectivity index (χ3v) is 3.71. The van der Waals surface area contributed by atoms with Crippen LogP contribution < -0.4 is 10.2 Å². The summed E-state index contributed by atoms with van der Waals surface area (Å²) in [4.78, 5) is 6.69. The van der Waals surface area contributed by atoms with Gasteiger partial charge < -0.3 is 10.2 Å². The van der Waals surface area contributed by atoms with E-state index < -0.39 is 0 Å². The molecule has 2 fully saturated rings. The Morgan fingerprint density at radius 2 is 2.17 bits per heavy atom. The Kier molecular flexibility index (Phi) is 5.45. The summed E-state index contributed by atoms with van der Waals surface area (Å²) in [5.41, 5.74) is 2.33. The molecule has 1 N–H and O–H groups in total. The van der Waals surface area contributed by atoms with E-state index >= 15 is 0 Å². The van der Waals surface area contributed by atoms with Crippen LogP contribution in [0.15, 0.2) is 25.0 Å². The summed E-state index contributed by atoms with van der Waals surface area (Å²) in [5.74, 6) is 0.826. The van der Waals surface area contributed by atoms with Gasteiger partial charge in [0.15, 0.2) is 0 Å². The van der Waals surface area contributed by atoms with Crippen LogP contribution in [0.2, 0.25) is 0 Å². The molecular weight excluding hydrogens is 269 g/mol. The molecule has 0 amide bonds. The predicted molar refractivity (Wildman–Crippen MR) is 80.9 cm³/mol. The first-order valence-electron chi connectivity index (χ1n) is 5.92. The molecule has 0 unspecified atom stereocenters. The first-order valence-corrected chi connectivity index (χ1v) is 5.92. The average Bonchev–Trinajstić information content (AvgIpc) is 2.89. The minimum absolute atomic E-state index is 0. The van der Waals surface area contributed by atoms with Crippen molar-refractivity contribution in [3.63, 3.8) is 0 Å². The van der Waals surface area contributed by atoms with Crippen molar-refractivity contribution < 1.29 is 0 Å². The quantitative estimate of drug-likeness (QED) is 0.905. The highest BCUT2D eigenvalue weighted by Crippen LogP contribution is 2.28. The zero-order chi connectivity index (χ0) is 11.0. The first kappa shape index (κ1) is 15.3. The van der Waals surface area contributed by atoms with Gasteiger partial charge in [-0.1, -0.05) is 12.7 Å². The molecule has 2 atom stereocenters. The van der Waals surface area contributed by atoms with Gasteiger partial charge in [-0.2, -0.15) is 0 Å². The molecule has 3 heterocycles. The Hall–Kier alpha value is -0.770. The van der Waals surface area contributed by atoms with Gasteiger partial charge in [-0.25, -0.2) is 0 Å². The lowest BCUT2D eigenvalue weighted by Crippen LogP contribution is -2.30. The fraction of sp³-hybridized carbons (Fsp3) is 0.462. The summed E-state index contributed by atoms with van der Waals surface area (Å²) in [6, 6.07) is 2.86. The second-order valence-electron chi connectivity index (χ2n) is 4.69. The maximum absolute atomic E-state index is 4.26. The molecular formula is C13H19Cl2N3. The highest BCUT2D eigenvalue weighted by molar-refractivity contribution is 5.85. The van der Waals surface area contributed by atoms with Crippen LogP contribution in [-0.2, 0) is 0 Å². The third kappa shape index (κ3) is 2.79. The Labute approximate surface area is 120 Å². The molecule has 2 aliphatic heterocycles. The Balaban J connectivity index is 0.000000810. The largest absolute Gasteiger partial charge is 0.368 e. The van der Waals surface area contributed by atoms with E-state index in [4.69, 9.17) is 0 Å². The molecule has 0 bridgehead atoms. The van der Waals surface area contributed by atoms with E-state index in [9.17, 15) is 0 Å². The summed E-state index contributed by atoms with van der Waals surface area (Å²) in [7, 11) is 0. The number of pyridine rings is 1. The lowest BCUT2D eigenvalue weighted by molar-refractivity contribution is 0.556. The molecule has 2 aliphatic rings. The van der Waals surface area contributed by atoms with Gasteiger partial charge in [0.2, 0.25) is 0 Å². The minimum Gasteiger partial charge on any atom is -0.368 e. The number of anilines is 1. The molecule has 3 nitrogen and oxygen atoms in total. The van der Waals surface area contributed by atoms with Crippen molar-refractivity contribution in [2.24, 2.45) is 5.92 Å². The van der Waals surface area contributed by atoms with E-state index in [0.29, 0.717) is 6.04 Å². The van der Waals surface area contributed by atoms with Crippen LogP contribution in [0.1, 0.15) is 12.0 Å². The van der Waals surface area contributed by atoms with Gasteiger partial charge >= 0.3 is 0 Å². The molecule has 1 aromatic rings. The van der Waals surface area contributed by atoms with E-state index in [-0.39, 0.29) is 24.8 Å². The van der Waals surface area contributed by atoms with Crippen molar-refractivity contribution in [2.75, 3.05) is 24.5 Å². The normalized spacial score (nSPS) is 25.0. The monoisotopic (exact) mass is 287 g/mol. The SMILES string of the molecule is C=Cc1cncc(N2C[C@H]3CCN[C@H]3C2)c1.Cl.Cl. The van der Waals surface area contributed by atoms with E-state index in [0.717, 1.165) is 18.0 Å². The second kappa shape index (κ2) is 6.41. The molecule has 0 radical (unpaired) electrons. The molecule has 2 saturated heterocycles. The van der Waals surface area contributed by atoms with E-state index in [1.165, 1.54) is 25.2 Å². The van der Waals surface area contributed by atoms with Gasteiger partial charge in [0.1, 0.15) is 0 Å². The fourth-order valence-electron chi connectivity index (χ4n) is 2.79. The maximum atomic E-state index is 4.26. The smallest absolute Gasteiger partial charge is 0.0559 e. The van der Waals surface area contributed by atoms with Crippen molar-refractivity contribution in [3.8, 4) is 0 Å². The number of fused-ring (bicyclic) bond motifs is 1. The van der Waals surface area contributed by atoms with Gasteiger partial charge in [0, 0.05) is 25.3 Å². The molecule has 0 saturated carbocycles. The summed E-state index contributed by atoms with van der Waals surface area (Å²) in [5, 5.41) is 3.56. The summed E-state index contributed by atoms with van der Waals surface area (Å²) in [6.45, 7) is 7.26. The van der Waals surface area contributed by atoms with Crippen LogP contribution in [0.3, 0.4) is 0 Å². The lowest BCUT2D eigenvalue weighted by Gasteiger charge is -2.19. The van der Waals surface area contributed by atoms with Gasteiger partial charge in [0.25, 0.3) is 0 Å². The van der Waals surface area contributed by atoms with E-state index in [1.807, 2.05) is 18.5 Å². The Morgan fingerprint density at radius 1 is 1.33 bits per heavy atom. The Morgan fingerprint density at radius 3 is 2.89 bits per heavy atom. The number of nitrogens with one attached hydrogen (secondary N) is 1. The number of halogens is 2. The van der Waals surface area contributed by atoms with E-state index in [2.05, 4.69) is 27.8 Å². The lowest BCUT2D eigenvalue weighted by atomic mass is 10.1. The molecule has 1 aromatic heterocycles. The highest BCUT2D eigenvalue weighted by atomic mass is 35.5. The van der Waals surface area contributed by atoms with Gasteiger partial charge in [0.05, 0.1) is 11.9 Å². The number of nitrogens with zero attached hydrogens (tertiary/aromatic N) is 2. The molecule has 3 rings (SSSR count). The molecule has 100 valence electrons. The number of hydrogen-bond acceptors (Lipinski definition) is 3. The zero-order valence-corrected chi connectivity index (χ0v) is 11.8. The van der Waals surface area contributed by atoms with Gasteiger partial charge in [-0.15, -0.1) is 24.8 Å². The van der Waals surface area contributed by atoms with Crippen LogP contribution in [-0.4, -0.2) is 30.7 Å². The summed E-state index contributed by atoms with van der Waals surface area (Å²) >= 11 is 0. The second-order valence-corrected chi connectivity index (χ2v) is 4.69. The van der Waals surface area contributed by atoms with Crippen molar-refractivity contribution in [2.45, 2.75) is 12.5 Å². The van der Waals surface area contributed by atoms with Crippen LogP contribution in [0.4, 0.5) is 5.69 Å². The number of hydrogen-bond donors (Lipinski definition) is 1. The van der Waals surface area contributed by atoms with Crippen molar-refractivity contribution in [3.05, 3.63) is 30.6 Å². The standard InChI is InChI=1S/C13H17N3.2ClH/c1-2-10-5-12(7-14-6-10)16-8-11-3-4-15-13(11)9-16;;/h2,5-7,11,13,15H,1,3-4,8-9H2;2*1H/t11-,13+;;/m1../s1. The fourth-order valence-corrected chi connectivity index (χ4v) is 2.79. The van der Waals surface area contributed by atoms with E-state index in [1.54, 1.807) is 0 Å². The third-order valence-electron chi connectivity index (χ3n) is 3.71. The molecule has 18 heavy (non-hydrogen) atoms. The molecule has 0 aromatic carbocycles. The van der Waals surface area contributed by atoms with Crippen LogP contribution >= 0.6 is 24.8 Å². The highest BCUT2D eigenvalue weighted by Gasteiger charge is 2.35. The molecule has 0 spiro atoms. The van der Waals surface area contributed by atoms with Crippen LogP contribution in [0, 0.1) is 5.92 Å². The maximum Gasteiger partial charge on any atom is 0.0559 e. The average molecular weight is 288 g/mol. The molecule has 5 heteroatoms. The predicted octanol–water partition coefficient (Wildman–Crippen LogP) is 2.37. The first-order chi connectivity index (χ1) is 7.86. The number of rotatable bonds is 2. The van der Waals surface area contributed by atoms with Gasteiger partial charge in [-0.05, 0) is 30.5 Å². The zero-order valence-electron chi connectivity index (χ0n) is 10.2. The summed E-state index contributed by atoms with van der Waals surface area (Å²) < 4.78 is 0. The minimum atomic E-state index is 0. The number of aromatic nitrogens is 1.